The maximum Gasteiger partial charge on any atom is 0.321 e. The molecule has 0 saturated heterocycles. The molecule has 0 atom stereocenters. The fourth-order valence-corrected chi connectivity index (χ4v) is 2.86. The summed E-state index contributed by atoms with van der Waals surface area (Å²) in [5.74, 6) is 0.498. The molecular weight excluding hydrogens is 328 g/mol. The first kappa shape index (κ1) is 17.5. The monoisotopic (exact) mass is 348 g/mol. The molecule has 0 radical (unpaired) electrons. The van der Waals surface area contributed by atoms with Crippen LogP contribution in [0.1, 0.15) is 13.8 Å². The van der Waals surface area contributed by atoms with Crippen LogP contribution < -0.4 is 4.90 Å². The van der Waals surface area contributed by atoms with Crippen molar-refractivity contribution in [2.24, 2.45) is 0 Å². The molecule has 0 aliphatic carbocycles. The molecule has 0 bridgehead atoms. The zero-order valence-electron chi connectivity index (χ0n) is 14.8. The first-order chi connectivity index (χ1) is 12.7. The number of nitrogens with zero attached hydrogens (tertiary/aromatic N) is 4. The number of aromatic nitrogens is 2. The predicted molar refractivity (Wildman–Crippen MR) is 103 cm³/mol. The SMILES string of the molecule is CCN(CC)c1nc(-c2ccccc2)c([N+](=O)[O-])c(-c2ccccc2)n1. The number of anilines is 1. The smallest absolute Gasteiger partial charge is 0.321 e. The number of benzene rings is 2. The van der Waals surface area contributed by atoms with Crippen molar-refractivity contribution in [3.05, 3.63) is 70.8 Å². The third kappa shape index (κ3) is 3.39. The lowest BCUT2D eigenvalue weighted by Crippen LogP contribution is -2.24. The summed E-state index contributed by atoms with van der Waals surface area (Å²) in [6.45, 7) is 5.46. The Kier molecular flexibility index (Phi) is 5.22. The minimum absolute atomic E-state index is 0.0710. The summed E-state index contributed by atoms with van der Waals surface area (Å²) in [5.41, 5.74) is 2.01. The highest BCUT2D eigenvalue weighted by atomic mass is 16.6. The van der Waals surface area contributed by atoms with E-state index in [-0.39, 0.29) is 5.69 Å². The van der Waals surface area contributed by atoms with E-state index in [2.05, 4.69) is 9.97 Å². The van der Waals surface area contributed by atoms with Gasteiger partial charge in [-0.15, -0.1) is 0 Å². The van der Waals surface area contributed by atoms with E-state index < -0.39 is 4.92 Å². The minimum Gasteiger partial charge on any atom is -0.341 e. The van der Waals surface area contributed by atoms with Crippen LogP contribution in [0.4, 0.5) is 11.6 Å². The largest absolute Gasteiger partial charge is 0.341 e. The zero-order chi connectivity index (χ0) is 18.5. The lowest BCUT2D eigenvalue weighted by molar-refractivity contribution is -0.383. The topological polar surface area (TPSA) is 72.2 Å². The Hall–Kier alpha value is -3.28. The Balaban J connectivity index is 2.34. The third-order valence-electron chi connectivity index (χ3n) is 4.20. The van der Waals surface area contributed by atoms with Gasteiger partial charge in [-0.3, -0.25) is 10.1 Å². The lowest BCUT2D eigenvalue weighted by atomic mass is 10.0. The zero-order valence-corrected chi connectivity index (χ0v) is 14.8. The van der Waals surface area contributed by atoms with Gasteiger partial charge in [-0.2, -0.15) is 0 Å². The van der Waals surface area contributed by atoms with E-state index in [9.17, 15) is 10.1 Å². The fourth-order valence-electron chi connectivity index (χ4n) is 2.86. The Morgan fingerprint density at radius 2 is 1.27 bits per heavy atom. The first-order valence-corrected chi connectivity index (χ1v) is 8.57. The Bertz CT molecular complexity index is 834. The third-order valence-corrected chi connectivity index (χ3v) is 4.20. The molecule has 3 aromatic rings. The second-order valence-electron chi connectivity index (χ2n) is 5.73. The Labute approximate surface area is 152 Å². The van der Waals surface area contributed by atoms with E-state index in [1.54, 1.807) is 0 Å². The highest BCUT2D eigenvalue weighted by Crippen LogP contribution is 2.37. The molecule has 0 N–H and O–H groups in total. The summed E-state index contributed by atoms with van der Waals surface area (Å²) in [5, 5.41) is 11.9. The summed E-state index contributed by atoms with van der Waals surface area (Å²) in [7, 11) is 0. The maximum atomic E-state index is 11.9. The summed E-state index contributed by atoms with van der Waals surface area (Å²) in [6.07, 6.45) is 0. The second kappa shape index (κ2) is 7.74. The van der Waals surface area contributed by atoms with Crippen molar-refractivity contribution < 1.29 is 4.92 Å². The van der Waals surface area contributed by atoms with Crippen LogP contribution in [0.2, 0.25) is 0 Å². The number of rotatable bonds is 6. The molecule has 2 aromatic carbocycles. The van der Waals surface area contributed by atoms with Gasteiger partial charge in [0.1, 0.15) is 0 Å². The average Bonchev–Trinajstić information content (AvgIpc) is 2.69. The van der Waals surface area contributed by atoms with Crippen molar-refractivity contribution in [1.82, 2.24) is 9.97 Å². The standard InChI is InChI=1S/C20H20N4O2/c1-3-23(4-2)20-21-17(15-11-7-5-8-12-15)19(24(25)26)18(22-20)16-13-9-6-10-14-16/h5-14H,3-4H2,1-2H3. The van der Waals surface area contributed by atoms with E-state index >= 15 is 0 Å². The van der Waals surface area contributed by atoms with Crippen molar-refractivity contribution in [3.63, 3.8) is 0 Å². The molecule has 0 spiro atoms. The molecule has 0 fully saturated rings. The van der Waals surface area contributed by atoms with E-state index in [0.717, 1.165) is 13.1 Å². The van der Waals surface area contributed by atoms with Crippen LogP contribution in [-0.4, -0.2) is 28.0 Å². The van der Waals surface area contributed by atoms with Crippen LogP contribution in [0.3, 0.4) is 0 Å². The van der Waals surface area contributed by atoms with E-state index in [1.165, 1.54) is 0 Å². The molecule has 26 heavy (non-hydrogen) atoms. The van der Waals surface area contributed by atoms with Crippen LogP contribution in [0.5, 0.6) is 0 Å². The van der Waals surface area contributed by atoms with Crippen LogP contribution in [-0.2, 0) is 0 Å². The van der Waals surface area contributed by atoms with Gasteiger partial charge in [-0.25, -0.2) is 9.97 Å². The van der Waals surface area contributed by atoms with Gasteiger partial charge in [-0.05, 0) is 13.8 Å². The molecule has 0 amide bonds. The summed E-state index contributed by atoms with van der Waals surface area (Å²) in [6, 6.07) is 18.5. The van der Waals surface area contributed by atoms with Gasteiger partial charge in [0.25, 0.3) is 0 Å². The van der Waals surface area contributed by atoms with Gasteiger partial charge in [0.05, 0.1) is 4.92 Å². The van der Waals surface area contributed by atoms with E-state index in [1.807, 2.05) is 79.4 Å². The van der Waals surface area contributed by atoms with Crippen molar-refractivity contribution >= 4 is 11.6 Å². The predicted octanol–water partition coefficient (Wildman–Crippen LogP) is 4.57. The molecule has 0 unspecified atom stereocenters. The molecule has 0 aliphatic rings. The molecule has 6 nitrogen and oxygen atoms in total. The van der Waals surface area contributed by atoms with Gasteiger partial charge >= 0.3 is 5.69 Å². The normalized spacial score (nSPS) is 10.5. The Morgan fingerprint density at radius 3 is 1.62 bits per heavy atom. The van der Waals surface area contributed by atoms with Crippen molar-refractivity contribution in [2.45, 2.75) is 13.8 Å². The molecule has 6 heteroatoms. The highest BCUT2D eigenvalue weighted by Gasteiger charge is 2.27. The van der Waals surface area contributed by atoms with Crippen LogP contribution >= 0.6 is 0 Å². The van der Waals surface area contributed by atoms with Crippen LogP contribution in [0.15, 0.2) is 60.7 Å². The molecular formula is C20H20N4O2. The van der Waals surface area contributed by atoms with Crippen LogP contribution in [0.25, 0.3) is 22.5 Å². The summed E-state index contributed by atoms with van der Waals surface area (Å²) >= 11 is 0. The lowest BCUT2D eigenvalue weighted by Gasteiger charge is -2.20. The molecule has 1 heterocycles. The molecule has 0 aliphatic heterocycles. The Morgan fingerprint density at radius 1 is 0.846 bits per heavy atom. The van der Waals surface area contributed by atoms with E-state index in [0.29, 0.717) is 28.5 Å². The van der Waals surface area contributed by atoms with Gasteiger partial charge < -0.3 is 4.90 Å². The van der Waals surface area contributed by atoms with Crippen LogP contribution in [0, 0.1) is 10.1 Å². The number of nitro groups is 1. The van der Waals surface area contributed by atoms with Gasteiger partial charge in [0.15, 0.2) is 11.4 Å². The summed E-state index contributed by atoms with van der Waals surface area (Å²) in [4.78, 5) is 22.6. The first-order valence-electron chi connectivity index (χ1n) is 8.57. The highest BCUT2D eigenvalue weighted by molar-refractivity contribution is 5.82. The molecule has 0 saturated carbocycles. The molecule has 132 valence electrons. The van der Waals surface area contributed by atoms with Crippen molar-refractivity contribution in [2.75, 3.05) is 18.0 Å². The second-order valence-corrected chi connectivity index (χ2v) is 5.73. The molecule has 3 rings (SSSR count). The van der Waals surface area contributed by atoms with Gasteiger partial charge in [0.2, 0.25) is 5.95 Å². The maximum absolute atomic E-state index is 11.9. The minimum atomic E-state index is -0.392. The molecule has 1 aromatic heterocycles. The number of hydrogen-bond acceptors (Lipinski definition) is 5. The van der Waals surface area contributed by atoms with Crippen molar-refractivity contribution in [3.8, 4) is 22.5 Å². The quantitative estimate of drug-likeness (QED) is 0.482. The number of hydrogen-bond donors (Lipinski definition) is 0. The average molecular weight is 348 g/mol. The fraction of sp³-hybridized carbons (Fsp3) is 0.200. The van der Waals surface area contributed by atoms with Crippen molar-refractivity contribution in [1.29, 1.82) is 0 Å². The van der Waals surface area contributed by atoms with Gasteiger partial charge in [-0.1, -0.05) is 60.7 Å². The van der Waals surface area contributed by atoms with E-state index in [4.69, 9.17) is 0 Å². The van der Waals surface area contributed by atoms with Gasteiger partial charge in [0, 0.05) is 24.2 Å². The summed E-state index contributed by atoms with van der Waals surface area (Å²) < 4.78 is 0.